The van der Waals surface area contributed by atoms with Crippen LogP contribution in [0.4, 0.5) is 4.39 Å². The number of hydrogen-bond donors (Lipinski definition) is 0. The van der Waals surface area contributed by atoms with Gasteiger partial charge in [-0.3, -0.25) is 4.79 Å². The second kappa shape index (κ2) is 9.02. The van der Waals surface area contributed by atoms with Crippen molar-refractivity contribution in [3.63, 3.8) is 0 Å². The first-order chi connectivity index (χ1) is 14.2. The average molecular weight is 411 g/mol. The first-order valence-corrected chi connectivity index (χ1v) is 9.74. The molecule has 0 saturated heterocycles. The summed E-state index contributed by atoms with van der Waals surface area (Å²) >= 11 is 0. The van der Waals surface area contributed by atoms with Gasteiger partial charge in [0.25, 0.3) is 5.95 Å². The highest BCUT2D eigenvalue weighted by atomic mass is 19.1. The Hall–Kier alpha value is -3.29. The topological polar surface area (TPSA) is 73.1 Å². The van der Waals surface area contributed by atoms with E-state index in [1.165, 1.54) is 12.1 Å². The van der Waals surface area contributed by atoms with Gasteiger partial charge in [0.1, 0.15) is 18.2 Å². The van der Waals surface area contributed by atoms with Crippen LogP contribution >= 0.6 is 0 Å². The molecule has 0 aliphatic rings. The first kappa shape index (κ1) is 21.4. The lowest BCUT2D eigenvalue weighted by Gasteiger charge is -2.17. The molecule has 3 aromatic rings. The molecule has 2 aromatic heterocycles. The molecule has 1 amide bonds. The SMILES string of the molecule is Cc1cc(C)nc(-n2nc(C)c(CC(=O)N(C)CCOc3ccc(F)cc3)c2C)n1. The van der Waals surface area contributed by atoms with E-state index < -0.39 is 0 Å². The normalized spacial score (nSPS) is 10.9. The van der Waals surface area contributed by atoms with Gasteiger partial charge in [0.05, 0.1) is 18.7 Å². The Bertz CT molecular complexity index is 1030. The minimum Gasteiger partial charge on any atom is -0.492 e. The number of carbonyl (C=O) groups is 1. The van der Waals surface area contributed by atoms with Crippen LogP contribution in [0.3, 0.4) is 0 Å². The zero-order chi connectivity index (χ0) is 21.8. The van der Waals surface area contributed by atoms with E-state index in [0.717, 1.165) is 28.3 Å². The van der Waals surface area contributed by atoms with Crippen molar-refractivity contribution in [2.75, 3.05) is 20.2 Å². The number of carbonyl (C=O) groups excluding carboxylic acids is 1. The number of benzene rings is 1. The summed E-state index contributed by atoms with van der Waals surface area (Å²) in [7, 11) is 1.73. The zero-order valence-electron chi connectivity index (χ0n) is 17.9. The standard InChI is InChI=1S/C22H26FN5O2/c1-14-12-15(2)25-22(24-14)28-17(4)20(16(3)26-28)13-21(29)27(5)10-11-30-19-8-6-18(23)7-9-19/h6-9,12H,10-11,13H2,1-5H3. The van der Waals surface area contributed by atoms with Crippen molar-refractivity contribution in [1.82, 2.24) is 24.6 Å². The summed E-state index contributed by atoms with van der Waals surface area (Å²) in [6.07, 6.45) is 0.232. The third-order valence-corrected chi connectivity index (χ3v) is 4.86. The Kier molecular flexibility index (Phi) is 6.44. The van der Waals surface area contributed by atoms with E-state index in [1.54, 1.807) is 28.8 Å². The van der Waals surface area contributed by atoms with E-state index in [1.807, 2.05) is 33.8 Å². The van der Waals surface area contributed by atoms with Gasteiger partial charge in [-0.25, -0.2) is 19.0 Å². The Morgan fingerprint density at radius 1 is 1.10 bits per heavy atom. The number of hydrogen-bond acceptors (Lipinski definition) is 5. The molecule has 0 aliphatic heterocycles. The van der Waals surface area contributed by atoms with Crippen molar-refractivity contribution >= 4 is 5.91 Å². The molecule has 30 heavy (non-hydrogen) atoms. The third kappa shape index (κ3) is 5.00. The van der Waals surface area contributed by atoms with Crippen LogP contribution in [-0.2, 0) is 11.2 Å². The van der Waals surface area contributed by atoms with Gasteiger partial charge < -0.3 is 9.64 Å². The van der Waals surface area contributed by atoms with Gasteiger partial charge in [-0.1, -0.05) is 0 Å². The van der Waals surface area contributed by atoms with E-state index in [0.29, 0.717) is 24.8 Å². The van der Waals surface area contributed by atoms with Crippen molar-refractivity contribution in [1.29, 1.82) is 0 Å². The molecule has 0 bridgehead atoms. The second-order valence-corrected chi connectivity index (χ2v) is 7.31. The number of nitrogens with zero attached hydrogens (tertiary/aromatic N) is 5. The van der Waals surface area contributed by atoms with Gasteiger partial charge in [-0.2, -0.15) is 5.10 Å². The van der Waals surface area contributed by atoms with Gasteiger partial charge in [-0.15, -0.1) is 0 Å². The largest absolute Gasteiger partial charge is 0.492 e. The predicted molar refractivity (Wildman–Crippen MR) is 111 cm³/mol. The van der Waals surface area contributed by atoms with Crippen LogP contribution in [0.25, 0.3) is 5.95 Å². The van der Waals surface area contributed by atoms with Crippen LogP contribution in [0, 0.1) is 33.5 Å². The van der Waals surface area contributed by atoms with Crippen LogP contribution < -0.4 is 4.74 Å². The first-order valence-electron chi connectivity index (χ1n) is 9.74. The summed E-state index contributed by atoms with van der Waals surface area (Å²) in [5.41, 5.74) is 4.22. The van der Waals surface area contributed by atoms with Crippen LogP contribution in [0.1, 0.15) is 28.3 Å². The van der Waals surface area contributed by atoms with Crippen molar-refractivity contribution in [2.24, 2.45) is 0 Å². The minimum atomic E-state index is -0.313. The van der Waals surface area contributed by atoms with E-state index >= 15 is 0 Å². The molecule has 0 unspecified atom stereocenters. The number of aryl methyl sites for hydroxylation is 3. The maximum absolute atomic E-state index is 12.9. The smallest absolute Gasteiger partial charge is 0.251 e. The molecule has 2 heterocycles. The Morgan fingerprint density at radius 3 is 2.37 bits per heavy atom. The van der Waals surface area contributed by atoms with Gasteiger partial charge in [0.15, 0.2) is 0 Å². The summed E-state index contributed by atoms with van der Waals surface area (Å²) in [6, 6.07) is 7.71. The molecule has 158 valence electrons. The molecular weight excluding hydrogens is 385 g/mol. The molecule has 1 aromatic carbocycles. The third-order valence-electron chi connectivity index (χ3n) is 4.86. The molecule has 0 saturated carbocycles. The molecule has 0 atom stereocenters. The van der Waals surface area contributed by atoms with Crippen molar-refractivity contribution in [2.45, 2.75) is 34.1 Å². The lowest BCUT2D eigenvalue weighted by Crippen LogP contribution is -2.32. The zero-order valence-corrected chi connectivity index (χ0v) is 17.9. The van der Waals surface area contributed by atoms with Gasteiger partial charge in [-0.05, 0) is 58.0 Å². The van der Waals surface area contributed by atoms with Crippen molar-refractivity contribution < 1.29 is 13.9 Å². The van der Waals surface area contributed by atoms with Gasteiger partial charge >= 0.3 is 0 Å². The fourth-order valence-corrected chi connectivity index (χ4v) is 3.17. The molecule has 0 radical (unpaired) electrons. The Labute approximate surface area is 175 Å². The molecular formula is C22H26FN5O2. The highest BCUT2D eigenvalue weighted by Crippen LogP contribution is 2.18. The molecule has 0 fully saturated rings. The van der Waals surface area contributed by atoms with Crippen LogP contribution in [0.2, 0.25) is 0 Å². The number of amides is 1. The van der Waals surface area contributed by atoms with Crippen LogP contribution in [-0.4, -0.2) is 50.8 Å². The highest BCUT2D eigenvalue weighted by molar-refractivity contribution is 5.79. The molecule has 3 rings (SSSR count). The summed E-state index contributed by atoms with van der Waals surface area (Å²) < 4.78 is 20.2. The monoisotopic (exact) mass is 411 g/mol. The van der Waals surface area contributed by atoms with Crippen LogP contribution in [0.5, 0.6) is 5.75 Å². The van der Waals surface area contributed by atoms with Gasteiger partial charge in [0, 0.05) is 29.7 Å². The summed E-state index contributed by atoms with van der Waals surface area (Å²) in [6.45, 7) is 8.37. The van der Waals surface area contributed by atoms with E-state index in [-0.39, 0.29) is 18.1 Å². The number of aromatic nitrogens is 4. The molecule has 7 nitrogen and oxygen atoms in total. The fourth-order valence-electron chi connectivity index (χ4n) is 3.17. The molecule has 0 aliphatic carbocycles. The van der Waals surface area contributed by atoms with E-state index in [4.69, 9.17) is 4.74 Å². The highest BCUT2D eigenvalue weighted by Gasteiger charge is 2.19. The summed E-state index contributed by atoms with van der Waals surface area (Å²) in [5.74, 6) is 0.725. The quantitative estimate of drug-likeness (QED) is 0.597. The molecule has 8 heteroatoms. The summed E-state index contributed by atoms with van der Waals surface area (Å²) in [4.78, 5) is 23.3. The van der Waals surface area contributed by atoms with E-state index in [2.05, 4.69) is 15.1 Å². The summed E-state index contributed by atoms with van der Waals surface area (Å²) in [5, 5.41) is 4.55. The molecule has 0 N–H and O–H groups in total. The lowest BCUT2D eigenvalue weighted by molar-refractivity contribution is -0.129. The van der Waals surface area contributed by atoms with Crippen LogP contribution in [0.15, 0.2) is 30.3 Å². The maximum atomic E-state index is 12.9. The minimum absolute atomic E-state index is 0.0372. The fraction of sp³-hybridized carbons (Fsp3) is 0.364. The second-order valence-electron chi connectivity index (χ2n) is 7.31. The maximum Gasteiger partial charge on any atom is 0.251 e. The lowest BCUT2D eigenvalue weighted by atomic mass is 10.1. The predicted octanol–water partition coefficient (Wildman–Crippen LogP) is 3.11. The number of rotatable bonds is 7. The molecule has 0 spiro atoms. The number of ether oxygens (including phenoxy) is 1. The average Bonchev–Trinajstić information content (AvgIpc) is 2.97. The van der Waals surface area contributed by atoms with Crippen molar-refractivity contribution in [3.8, 4) is 11.7 Å². The van der Waals surface area contributed by atoms with E-state index in [9.17, 15) is 9.18 Å². The Morgan fingerprint density at radius 2 is 1.73 bits per heavy atom. The van der Waals surface area contributed by atoms with Gasteiger partial charge in [0.2, 0.25) is 5.91 Å². The van der Waals surface area contributed by atoms with Crippen molar-refractivity contribution in [3.05, 3.63) is 64.5 Å². The Balaban J connectivity index is 1.64. The number of likely N-dealkylation sites (N-methyl/N-ethyl adjacent to an activating group) is 1. The number of halogens is 1.